The summed E-state index contributed by atoms with van der Waals surface area (Å²) >= 11 is 0. The Morgan fingerprint density at radius 2 is 1.80 bits per heavy atom. The Morgan fingerprint density at radius 3 is 2.37 bits per heavy atom. The first-order valence-electron chi connectivity index (χ1n) is 8.62. The topological polar surface area (TPSA) is 126 Å². The largest absolute Gasteiger partial charge is 0.378 e. The summed E-state index contributed by atoms with van der Waals surface area (Å²) in [5.41, 5.74) is 0.791. The third kappa shape index (κ3) is 7.74. The molecule has 2 aromatic rings. The molecule has 0 aliphatic rings. The summed E-state index contributed by atoms with van der Waals surface area (Å²) in [5.74, 6) is 0.207. The maximum atomic E-state index is 12.9. The molecule has 0 aromatic heterocycles. The minimum absolute atomic E-state index is 0. The van der Waals surface area contributed by atoms with Gasteiger partial charge in [0.2, 0.25) is 0 Å². The van der Waals surface area contributed by atoms with E-state index in [0.29, 0.717) is 25.6 Å². The monoisotopic (exact) mass is 551 g/mol. The summed E-state index contributed by atoms with van der Waals surface area (Å²) in [6.45, 7) is 1.18. The molecule has 0 bridgehead atoms. The van der Waals surface area contributed by atoms with Crippen LogP contribution in [0.2, 0.25) is 0 Å². The summed E-state index contributed by atoms with van der Waals surface area (Å²) in [6.07, 6.45) is 0.994. The summed E-state index contributed by atoms with van der Waals surface area (Å²) < 4.78 is 36.1. The predicted octanol–water partition coefficient (Wildman–Crippen LogP) is 2.53. The molecule has 12 heteroatoms. The third-order valence-corrected chi connectivity index (χ3v) is 5.03. The van der Waals surface area contributed by atoms with Crippen LogP contribution in [0.25, 0.3) is 0 Å². The lowest BCUT2D eigenvalue weighted by Gasteiger charge is -2.13. The molecule has 3 N–H and O–H groups in total. The van der Waals surface area contributed by atoms with Crippen LogP contribution in [0.3, 0.4) is 0 Å². The maximum absolute atomic E-state index is 12.9. The Bertz CT molecular complexity index is 1000. The molecule has 2 aromatic carbocycles. The zero-order valence-electron chi connectivity index (χ0n) is 16.4. The molecule has 164 valence electrons. The van der Waals surface area contributed by atoms with Gasteiger partial charge in [0.1, 0.15) is 11.5 Å². The van der Waals surface area contributed by atoms with Gasteiger partial charge < -0.3 is 16.0 Å². The molecule has 0 heterocycles. The van der Waals surface area contributed by atoms with Crippen LogP contribution in [0.15, 0.2) is 52.4 Å². The van der Waals surface area contributed by atoms with Crippen LogP contribution in [0.5, 0.6) is 0 Å². The molecule has 0 saturated heterocycles. The molecule has 0 unspecified atom stereocenters. The van der Waals surface area contributed by atoms with Crippen molar-refractivity contribution in [2.24, 2.45) is 4.99 Å². The minimum atomic E-state index is -3.54. The zero-order valence-corrected chi connectivity index (χ0v) is 19.5. The van der Waals surface area contributed by atoms with Gasteiger partial charge in [-0.25, -0.2) is 12.8 Å². The number of nitro benzene ring substituents is 1. The van der Waals surface area contributed by atoms with Gasteiger partial charge in [0.05, 0.1) is 9.82 Å². The normalized spacial score (nSPS) is 11.4. The van der Waals surface area contributed by atoms with Gasteiger partial charge in [0, 0.05) is 39.0 Å². The molecule has 0 aliphatic heterocycles. The van der Waals surface area contributed by atoms with Crippen LogP contribution >= 0.6 is 24.0 Å². The first-order chi connectivity index (χ1) is 13.7. The fraction of sp³-hybridized carbons (Fsp3) is 0.278. The van der Waals surface area contributed by atoms with Gasteiger partial charge in [0.25, 0.3) is 5.69 Å². The Balaban J connectivity index is 0.00000450. The van der Waals surface area contributed by atoms with Gasteiger partial charge in [-0.15, -0.1) is 24.0 Å². The van der Waals surface area contributed by atoms with Crippen molar-refractivity contribution in [1.82, 2.24) is 10.6 Å². The summed E-state index contributed by atoms with van der Waals surface area (Å²) in [4.78, 5) is 14.6. The highest BCUT2D eigenvalue weighted by Gasteiger charge is 2.18. The fourth-order valence-electron chi connectivity index (χ4n) is 2.43. The molecule has 0 amide bonds. The molecule has 0 aliphatic carbocycles. The standard InChI is InChI=1S/C18H22FN5O4S.HI/c1-20-18(23-12-13-3-5-14(19)6-4-13)22-10-9-21-16-8-7-15(29(2,27)28)11-17(16)24(25)26;/h3-8,11,21H,9-10,12H2,1-2H3,(H2,20,22,23);1H. The Labute approximate surface area is 191 Å². The molecular formula is C18H23FIN5O4S. The molecule has 30 heavy (non-hydrogen) atoms. The number of aliphatic imine (C=N–C) groups is 1. The summed E-state index contributed by atoms with van der Waals surface area (Å²) in [5, 5.41) is 20.3. The molecule has 0 spiro atoms. The maximum Gasteiger partial charge on any atom is 0.293 e. The van der Waals surface area contributed by atoms with Crippen molar-refractivity contribution in [3.63, 3.8) is 0 Å². The van der Waals surface area contributed by atoms with Crippen molar-refractivity contribution in [3.05, 3.63) is 64.0 Å². The lowest BCUT2D eigenvalue weighted by molar-refractivity contribution is -0.384. The quantitative estimate of drug-likeness (QED) is 0.115. The van der Waals surface area contributed by atoms with E-state index >= 15 is 0 Å². The summed E-state index contributed by atoms with van der Waals surface area (Å²) in [6, 6.07) is 9.80. The van der Waals surface area contributed by atoms with E-state index in [-0.39, 0.29) is 46.1 Å². The zero-order chi connectivity index (χ0) is 21.4. The molecule has 9 nitrogen and oxygen atoms in total. The first kappa shape index (κ1) is 25.6. The number of hydrogen-bond donors (Lipinski definition) is 3. The highest BCUT2D eigenvalue weighted by atomic mass is 127. The average Bonchev–Trinajstić information content (AvgIpc) is 2.67. The number of nitrogens with one attached hydrogen (secondary N) is 3. The number of hydrogen-bond acceptors (Lipinski definition) is 6. The number of guanidine groups is 1. The van der Waals surface area contributed by atoms with Gasteiger partial charge in [-0.3, -0.25) is 15.1 Å². The number of anilines is 1. The van der Waals surface area contributed by atoms with E-state index in [1.165, 1.54) is 24.3 Å². The van der Waals surface area contributed by atoms with E-state index in [0.717, 1.165) is 17.9 Å². The predicted molar refractivity (Wildman–Crippen MR) is 125 cm³/mol. The Kier molecular flexibility index (Phi) is 9.92. The van der Waals surface area contributed by atoms with E-state index in [2.05, 4.69) is 20.9 Å². The fourth-order valence-corrected chi connectivity index (χ4v) is 3.07. The van der Waals surface area contributed by atoms with Gasteiger partial charge >= 0.3 is 0 Å². The van der Waals surface area contributed by atoms with E-state index in [1.54, 1.807) is 19.2 Å². The van der Waals surface area contributed by atoms with E-state index in [9.17, 15) is 22.9 Å². The smallest absolute Gasteiger partial charge is 0.293 e. The van der Waals surface area contributed by atoms with Crippen molar-refractivity contribution in [1.29, 1.82) is 0 Å². The van der Waals surface area contributed by atoms with E-state index in [1.807, 2.05) is 0 Å². The molecule has 2 rings (SSSR count). The van der Waals surface area contributed by atoms with Crippen LogP contribution in [0, 0.1) is 15.9 Å². The highest BCUT2D eigenvalue weighted by Crippen LogP contribution is 2.27. The molecule has 0 fully saturated rings. The minimum Gasteiger partial charge on any atom is -0.378 e. The van der Waals surface area contributed by atoms with Crippen molar-refractivity contribution in [3.8, 4) is 0 Å². The lowest BCUT2D eigenvalue weighted by Crippen LogP contribution is -2.39. The van der Waals surface area contributed by atoms with Crippen LogP contribution < -0.4 is 16.0 Å². The van der Waals surface area contributed by atoms with Crippen LogP contribution in [-0.4, -0.2) is 45.7 Å². The van der Waals surface area contributed by atoms with Gasteiger partial charge in [-0.05, 0) is 29.8 Å². The van der Waals surface area contributed by atoms with Crippen molar-refractivity contribution in [2.75, 3.05) is 31.7 Å². The third-order valence-electron chi connectivity index (χ3n) is 3.92. The second-order valence-electron chi connectivity index (χ2n) is 6.11. The molecule has 0 atom stereocenters. The Hall–Kier alpha value is -2.48. The second kappa shape index (κ2) is 11.6. The van der Waals surface area contributed by atoms with E-state index < -0.39 is 14.8 Å². The second-order valence-corrected chi connectivity index (χ2v) is 8.13. The van der Waals surface area contributed by atoms with Crippen molar-refractivity contribution in [2.45, 2.75) is 11.4 Å². The van der Waals surface area contributed by atoms with Crippen LogP contribution in [0.4, 0.5) is 15.8 Å². The lowest BCUT2D eigenvalue weighted by atomic mass is 10.2. The number of rotatable bonds is 8. The first-order valence-corrected chi connectivity index (χ1v) is 10.5. The van der Waals surface area contributed by atoms with Crippen LogP contribution in [0.1, 0.15) is 5.56 Å². The number of benzene rings is 2. The molecular weight excluding hydrogens is 528 g/mol. The van der Waals surface area contributed by atoms with Crippen molar-refractivity contribution >= 4 is 51.1 Å². The van der Waals surface area contributed by atoms with E-state index in [4.69, 9.17) is 0 Å². The summed E-state index contributed by atoms with van der Waals surface area (Å²) in [7, 11) is -1.94. The van der Waals surface area contributed by atoms with Gasteiger partial charge in [-0.2, -0.15) is 0 Å². The van der Waals surface area contributed by atoms with Crippen LogP contribution in [-0.2, 0) is 16.4 Å². The number of nitrogens with zero attached hydrogens (tertiary/aromatic N) is 2. The average molecular weight is 551 g/mol. The Morgan fingerprint density at radius 1 is 1.13 bits per heavy atom. The molecule has 0 radical (unpaired) electrons. The number of sulfone groups is 1. The van der Waals surface area contributed by atoms with Crippen molar-refractivity contribution < 1.29 is 17.7 Å². The SMILES string of the molecule is CN=C(NCCNc1ccc(S(C)(=O)=O)cc1[N+](=O)[O-])NCc1ccc(F)cc1.I. The van der Waals surface area contributed by atoms with Gasteiger partial charge in [0.15, 0.2) is 15.8 Å². The molecule has 0 saturated carbocycles. The highest BCUT2D eigenvalue weighted by molar-refractivity contribution is 14.0. The van der Waals surface area contributed by atoms with Gasteiger partial charge in [-0.1, -0.05) is 12.1 Å². The number of nitro groups is 1. The number of halogens is 2.